The van der Waals surface area contributed by atoms with Gasteiger partial charge in [0.2, 0.25) is 0 Å². The van der Waals surface area contributed by atoms with Crippen molar-refractivity contribution in [1.82, 2.24) is 4.90 Å². The summed E-state index contributed by atoms with van der Waals surface area (Å²) in [5.74, 6) is -0.248. The Hall–Kier alpha value is -2.08. The smallest absolute Gasteiger partial charge is 0.309 e. The van der Waals surface area contributed by atoms with Gasteiger partial charge in [-0.3, -0.25) is 9.79 Å². The molecule has 21 heavy (non-hydrogen) atoms. The zero-order chi connectivity index (χ0) is 15.4. The Bertz CT molecular complexity index is 521. The Morgan fingerprint density at radius 3 is 2.62 bits per heavy atom. The van der Waals surface area contributed by atoms with Crippen LogP contribution in [0.15, 0.2) is 29.3 Å². The minimum absolute atomic E-state index is 0.145. The molecule has 0 aliphatic carbocycles. The molecule has 1 aliphatic rings. The molecule has 1 atom stereocenters. The Morgan fingerprint density at radius 1 is 1.48 bits per heavy atom. The molecule has 1 unspecified atom stereocenters. The van der Waals surface area contributed by atoms with E-state index in [0.717, 1.165) is 18.7 Å². The van der Waals surface area contributed by atoms with Gasteiger partial charge in [-0.2, -0.15) is 0 Å². The van der Waals surface area contributed by atoms with Crippen molar-refractivity contribution in [2.75, 3.05) is 26.7 Å². The Kier molecular flexibility index (Phi) is 4.80. The van der Waals surface area contributed by atoms with Crippen LogP contribution in [-0.4, -0.2) is 54.6 Å². The molecule has 1 heterocycles. The van der Waals surface area contributed by atoms with Crippen LogP contribution in [0.3, 0.4) is 0 Å². The predicted octanol–water partition coefficient (Wildman–Crippen LogP) is 0.805. The number of amidine groups is 1. The predicted molar refractivity (Wildman–Crippen MR) is 80.7 cm³/mol. The number of nitrogens with two attached hydrogens (primary N) is 1. The lowest BCUT2D eigenvalue weighted by molar-refractivity contribution is -0.142. The highest BCUT2D eigenvalue weighted by molar-refractivity contribution is 5.97. The van der Waals surface area contributed by atoms with Gasteiger partial charge in [-0.25, -0.2) is 0 Å². The lowest BCUT2D eigenvalue weighted by Crippen LogP contribution is -2.47. The summed E-state index contributed by atoms with van der Waals surface area (Å²) >= 11 is 0. The molecule has 1 aromatic rings. The maximum Gasteiger partial charge on any atom is 0.309 e. The molecule has 1 fully saturated rings. The van der Waals surface area contributed by atoms with Crippen LogP contribution in [0.4, 0.5) is 0 Å². The highest BCUT2D eigenvalue weighted by atomic mass is 16.5. The van der Waals surface area contributed by atoms with Crippen LogP contribution in [0, 0.1) is 5.92 Å². The number of carboxylic acid groups (broad SMARTS) is 1. The van der Waals surface area contributed by atoms with E-state index in [4.69, 9.17) is 15.6 Å². The monoisotopic (exact) mass is 291 g/mol. The van der Waals surface area contributed by atoms with E-state index in [0.29, 0.717) is 11.6 Å². The summed E-state index contributed by atoms with van der Waals surface area (Å²) in [4.78, 5) is 17.4. The number of likely N-dealkylation sites (N-methyl/N-ethyl adjacent to an activating group) is 1. The molecule has 1 aromatic carbocycles. The van der Waals surface area contributed by atoms with Crippen LogP contribution in [0.5, 0.6) is 5.75 Å². The molecule has 2 rings (SSSR count). The minimum atomic E-state index is -0.867. The fraction of sp³-hybridized carbons (Fsp3) is 0.467. The van der Waals surface area contributed by atoms with Gasteiger partial charge in [-0.1, -0.05) is 0 Å². The van der Waals surface area contributed by atoms with Gasteiger partial charge in [-0.05, 0) is 38.2 Å². The van der Waals surface area contributed by atoms with E-state index < -0.39 is 11.9 Å². The molecule has 0 radical (unpaired) electrons. The van der Waals surface area contributed by atoms with Gasteiger partial charge in [-0.15, -0.1) is 0 Å². The molecule has 0 saturated carbocycles. The lowest BCUT2D eigenvalue weighted by Gasteiger charge is -2.33. The fourth-order valence-electron chi connectivity index (χ4n) is 2.03. The summed E-state index contributed by atoms with van der Waals surface area (Å²) in [5.41, 5.74) is 6.83. The number of carboxylic acids is 1. The number of aliphatic imine (C=N–C) groups is 1. The number of nitrogens with zero attached hydrogens (tertiary/aromatic N) is 2. The van der Waals surface area contributed by atoms with Crippen molar-refractivity contribution in [2.45, 2.75) is 13.0 Å². The first kappa shape index (κ1) is 15.3. The van der Waals surface area contributed by atoms with Gasteiger partial charge in [0.25, 0.3) is 0 Å². The minimum Gasteiger partial charge on any atom is -0.493 e. The number of benzene rings is 1. The van der Waals surface area contributed by atoms with Crippen molar-refractivity contribution >= 4 is 11.8 Å². The van der Waals surface area contributed by atoms with E-state index in [2.05, 4.69) is 9.89 Å². The Morgan fingerprint density at radius 2 is 2.10 bits per heavy atom. The maximum atomic E-state index is 10.7. The number of hydrogen-bond acceptors (Lipinski definition) is 4. The van der Waals surface area contributed by atoms with Crippen LogP contribution in [0.1, 0.15) is 12.5 Å². The lowest BCUT2D eigenvalue weighted by atomic mass is 10.1. The third-order valence-electron chi connectivity index (χ3n) is 3.44. The van der Waals surface area contributed by atoms with Gasteiger partial charge in [0.05, 0.1) is 12.0 Å². The van der Waals surface area contributed by atoms with E-state index in [1.807, 2.05) is 19.2 Å². The third-order valence-corrected chi connectivity index (χ3v) is 3.44. The molecule has 1 saturated heterocycles. The zero-order valence-corrected chi connectivity index (χ0v) is 12.3. The number of likely N-dealkylation sites (tertiary alicyclic amines) is 1. The maximum absolute atomic E-state index is 10.7. The van der Waals surface area contributed by atoms with E-state index in [1.165, 1.54) is 0 Å². The molecule has 6 heteroatoms. The molecule has 6 nitrogen and oxygen atoms in total. The molecular weight excluding hydrogens is 270 g/mol. The van der Waals surface area contributed by atoms with Crippen molar-refractivity contribution in [3.63, 3.8) is 0 Å². The summed E-state index contributed by atoms with van der Waals surface area (Å²) in [6.07, 6.45) is 0. The molecule has 0 amide bonds. The molecule has 0 spiro atoms. The summed E-state index contributed by atoms with van der Waals surface area (Å²) in [5, 5.41) is 8.79. The largest absolute Gasteiger partial charge is 0.493 e. The number of carbonyl (C=O) groups is 1. The zero-order valence-electron chi connectivity index (χ0n) is 12.3. The average molecular weight is 291 g/mol. The Labute approximate surface area is 124 Å². The highest BCUT2D eigenvalue weighted by Crippen LogP contribution is 2.15. The Balaban J connectivity index is 1.91. The van der Waals surface area contributed by atoms with Crippen LogP contribution < -0.4 is 10.5 Å². The van der Waals surface area contributed by atoms with Crippen molar-refractivity contribution < 1.29 is 14.6 Å². The molecule has 0 bridgehead atoms. The van der Waals surface area contributed by atoms with E-state index >= 15 is 0 Å². The standard InChI is InChI=1S/C15H21N3O3/c1-10(15(19)20)9-21-13-5-3-11(4-6-13)14(16)17-12-7-18(2)8-12/h3-6,10,12H,7-9H2,1-2H3,(H2,16,17)(H,19,20). The quantitative estimate of drug-likeness (QED) is 0.598. The number of hydrogen-bond donors (Lipinski definition) is 2. The van der Waals surface area contributed by atoms with Crippen molar-refractivity contribution in [1.29, 1.82) is 0 Å². The van der Waals surface area contributed by atoms with E-state index in [9.17, 15) is 4.79 Å². The first-order valence-electron chi connectivity index (χ1n) is 6.93. The highest BCUT2D eigenvalue weighted by Gasteiger charge is 2.22. The van der Waals surface area contributed by atoms with E-state index in [-0.39, 0.29) is 12.6 Å². The fourth-order valence-corrected chi connectivity index (χ4v) is 2.03. The van der Waals surface area contributed by atoms with Crippen molar-refractivity contribution in [2.24, 2.45) is 16.6 Å². The topological polar surface area (TPSA) is 88.2 Å². The van der Waals surface area contributed by atoms with Crippen LogP contribution in [0.25, 0.3) is 0 Å². The second-order valence-corrected chi connectivity index (χ2v) is 5.46. The van der Waals surface area contributed by atoms with Crippen molar-refractivity contribution in [3.05, 3.63) is 29.8 Å². The van der Waals surface area contributed by atoms with Gasteiger partial charge in [0, 0.05) is 18.7 Å². The number of aliphatic carboxylic acids is 1. The van der Waals surface area contributed by atoms with Gasteiger partial charge in [0.1, 0.15) is 18.2 Å². The van der Waals surface area contributed by atoms with Crippen LogP contribution in [-0.2, 0) is 4.79 Å². The first-order chi connectivity index (χ1) is 9.95. The number of ether oxygens (including phenoxy) is 1. The van der Waals surface area contributed by atoms with Gasteiger partial charge >= 0.3 is 5.97 Å². The summed E-state index contributed by atoms with van der Waals surface area (Å²) in [7, 11) is 2.05. The van der Waals surface area contributed by atoms with Crippen molar-refractivity contribution in [3.8, 4) is 5.75 Å². The summed E-state index contributed by atoms with van der Waals surface area (Å²) < 4.78 is 5.42. The van der Waals surface area contributed by atoms with Gasteiger partial charge in [0.15, 0.2) is 0 Å². The van der Waals surface area contributed by atoms with Crippen LogP contribution >= 0.6 is 0 Å². The second kappa shape index (κ2) is 6.58. The third kappa shape index (κ3) is 4.19. The SMILES string of the molecule is CC(COc1ccc(C(N)=NC2CN(C)C2)cc1)C(=O)O. The summed E-state index contributed by atoms with van der Waals surface area (Å²) in [6, 6.07) is 7.50. The van der Waals surface area contributed by atoms with E-state index in [1.54, 1.807) is 19.1 Å². The summed E-state index contributed by atoms with van der Waals surface area (Å²) in [6.45, 7) is 3.63. The molecule has 3 N–H and O–H groups in total. The molecule has 114 valence electrons. The first-order valence-corrected chi connectivity index (χ1v) is 6.93. The normalized spacial score (nSPS) is 18.1. The van der Waals surface area contributed by atoms with Crippen LogP contribution in [0.2, 0.25) is 0 Å². The second-order valence-electron chi connectivity index (χ2n) is 5.46. The average Bonchev–Trinajstić information content (AvgIpc) is 2.43. The molecular formula is C15H21N3O3. The number of rotatable bonds is 6. The molecule has 0 aromatic heterocycles. The van der Waals surface area contributed by atoms with Gasteiger partial charge < -0.3 is 20.5 Å². The molecule has 1 aliphatic heterocycles.